The predicted molar refractivity (Wildman–Crippen MR) is 97.4 cm³/mol. The third-order valence-electron chi connectivity index (χ3n) is 3.84. The van der Waals surface area contributed by atoms with Crippen molar-refractivity contribution in [3.05, 3.63) is 0 Å². The Bertz CT molecular complexity index is 299. The highest BCUT2D eigenvalue weighted by Gasteiger charge is 2.32. The first kappa shape index (κ1) is 23.6. The largest absolute Gasteiger partial charge is 0.316 e. The number of nitrogens with two attached hydrogens (primary N) is 1. The molecule has 0 fully saturated rings. The molecule has 0 aliphatic heterocycles. The highest BCUT2D eigenvalue weighted by molar-refractivity contribution is 7.85. The third kappa shape index (κ3) is 15.0. The van der Waals surface area contributed by atoms with Gasteiger partial charge in [0.05, 0.1) is 24.6 Å². The Labute approximate surface area is 133 Å². The van der Waals surface area contributed by atoms with Gasteiger partial charge in [0, 0.05) is 7.26 Å². The molecule has 0 spiro atoms. The molecule has 130 valence electrons. The lowest BCUT2D eigenvalue weighted by Gasteiger charge is -2.26. The molecule has 0 amide bonds. The molecular weight excluding hydrogens is 305 g/mol. The maximum atomic E-state index is 9.43. The molecular formula is C15H37NO3PS+. The zero-order valence-electron chi connectivity index (χ0n) is 14.5. The van der Waals surface area contributed by atoms with Gasteiger partial charge in [-0.05, 0) is 26.2 Å². The van der Waals surface area contributed by atoms with Crippen molar-refractivity contribution < 1.29 is 13.0 Å². The van der Waals surface area contributed by atoms with E-state index in [0.717, 1.165) is 0 Å². The van der Waals surface area contributed by atoms with Crippen LogP contribution in [0.2, 0.25) is 0 Å². The van der Waals surface area contributed by atoms with E-state index in [9.17, 15) is 8.42 Å². The molecule has 3 N–H and O–H groups in total. The number of rotatable bonds is 11. The second-order valence-corrected chi connectivity index (χ2v) is 11.8. The first-order valence-electron chi connectivity index (χ1n) is 8.31. The van der Waals surface area contributed by atoms with E-state index in [1.807, 2.05) is 0 Å². The van der Waals surface area contributed by atoms with Gasteiger partial charge in [0.1, 0.15) is 5.88 Å². The highest BCUT2D eigenvalue weighted by atomic mass is 32.2. The average molecular weight is 343 g/mol. The summed E-state index contributed by atoms with van der Waals surface area (Å²) in [6, 6.07) is 0. The van der Waals surface area contributed by atoms with Crippen molar-refractivity contribution in [1.82, 2.24) is 0 Å². The lowest BCUT2D eigenvalue weighted by molar-refractivity contribution is 0.483. The van der Waals surface area contributed by atoms with Crippen LogP contribution in [0.1, 0.15) is 66.2 Å². The average Bonchev–Trinajstić information content (AvgIpc) is 2.47. The zero-order valence-corrected chi connectivity index (χ0v) is 16.2. The van der Waals surface area contributed by atoms with Crippen LogP contribution in [0.5, 0.6) is 0 Å². The van der Waals surface area contributed by atoms with Crippen LogP contribution in [0.3, 0.4) is 0 Å². The van der Waals surface area contributed by atoms with Gasteiger partial charge in [0.2, 0.25) is 0 Å². The highest BCUT2D eigenvalue weighted by Crippen LogP contribution is 2.60. The first-order chi connectivity index (χ1) is 9.80. The van der Waals surface area contributed by atoms with E-state index < -0.39 is 23.3 Å². The summed E-state index contributed by atoms with van der Waals surface area (Å²) in [6.45, 7) is 9.46. The van der Waals surface area contributed by atoms with Crippen molar-refractivity contribution in [3.8, 4) is 0 Å². The quantitative estimate of drug-likeness (QED) is 0.435. The smallest absolute Gasteiger partial charge is 0.277 e. The van der Waals surface area contributed by atoms with Crippen molar-refractivity contribution in [3.63, 3.8) is 0 Å². The van der Waals surface area contributed by atoms with Gasteiger partial charge >= 0.3 is 0 Å². The molecule has 0 aromatic carbocycles. The zero-order chi connectivity index (χ0) is 16.8. The van der Waals surface area contributed by atoms with Crippen molar-refractivity contribution in [2.75, 3.05) is 30.5 Å². The minimum atomic E-state index is -3.88. The molecule has 0 atom stereocenters. The van der Waals surface area contributed by atoms with Crippen molar-refractivity contribution in [2.45, 2.75) is 66.2 Å². The maximum Gasteiger partial charge on any atom is 0.277 e. The number of hydrogen-bond acceptors (Lipinski definition) is 3. The topological polar surface area (TPSA) is 80.4 Å². The van der Waals surface area contributed by atoms with Crippen LogP contribution in [0.4, 0.5) is 0 Å². The van der Waals surface area contributed by atoms with E-state index in [-0.39, 0.29) is 0 Å². The summed E-state index contributed by atoms with van der Waals surface area (Å²) in [5.41, 5.74) is 4.47. The molecule has 0 aromatic rings. The van der Waals surface area contributed by atoms with Crippen molar-refractivity contribution >= 4 is 17.4 Å². The van der Waals surface area contributed by atoms with Crippen LogP contribution >= 0.6 is 7.26 Å². The Hall–Kier alpha value is 0.300. The molecule has 0 aromatic heterocycles. The lowest BCUT2D eigenvalue weighted by Crippen LogP contribution is -2.11. The van der Waals surface area contributed by atoms with Gasteiger partial charge in [-0.1, -0.05) is 40.0 Å². The Kier molecular flexibility index (Phi) is 15.6. The summed E-state index contributed by atoms with van der Waals surface area (Å²) >= 11 is 0. The summed E-state index contributed by atoms with van der Waals surface area (Å²) in [5.74, 6) is -0.701. The molecule has 0 bridgehead atoms. The Morgan fingerprint density at radius 3 is 1.29 bits per heavy atom. The fourth-order valence-corrected chi connectivity index (χ4v) is 6.87. The fourth-order valence-electron chi connectivity index (χ4n) is 2.29. The second kappa shape index (κ2) is 13.9. The van der Waals surface area contributed by atoms with Gasteiger partial charge in [-0.15, -0.1) is 0 Å². The predicted octanol–water partition coefficient (Wildman–Crippen LogP) is 4.21. The SMILES string of the molecule is CCCC[P+](CC)(CCCC)CCCC.NCS(=O)(=O)O. The van der Waals surface area contributed by atoms with Crippen LogP contribution in [-0.2, 0) is 10.1 Å². The Morgan fingerprint density at radius 2 is 1.14 bits per heavy atom. The number of unbranched alkanes of at least 4 members (excludes halogenated alkanes) is 3. The summed E-state index contributed by atoms with van der Waals surface area (Å²) in [7, 11) is -4.41. The Balaban J connectivity index is 0. The number of hydrogen-bond donors (Lipinski definition) is 2. The van der Waals surface area contributed by atoms with Crippen LogP contribution in [-0.4, -0.2) is 43.5 Å². The molecule has 6 heteroatoms. The third-order valence-corrected chi connectivity index (χ3v) is 9.40. The van der Waals surface area contributed by atoms with E-state index >= 15 is 0 Å². The van der Waals surface area contributed by atoms with Gasteiger partial charge in [0.15, 0.2) is 0 Å². The van der Waals surface area contributed by atoms with Gasteiger partial charge in [-0.3, -0.25) is 4.55 Å². The van der Waals surface area contributed by atoms with E-state index in [4.69, 9.17) is 4.55 Å². The minimum absolute atomic E-state index is 0.527. The first-order valence-corrected chi connectivity index (χ1v) is 12.4. The molecule has 0 heterocycles. The molecule has 0 aliphatic rings. The summed E-state index contributed by atoms with van der Waals surface area (Å²) in [4.78, 5) is 0. The summed E-state index contributed by atoms with van der Waals surface area (Å²) < 4.78 is 26.5. The van der Waals surface area contributed by atoms with E-state index in [1.165, 1.54) is 44.7 Å². The molecule has 0 saturated heterocycles. The van der Waals surface area contributed by atoms with Crippen LogP contribution < -0.4 is 5.73 Å². The van der Waals surface area contributed by atoms with Crippen LogP contribution in [0.15, 0.2) is 0 Å². The monoisotopic (exact) mass is 342 g/mol. The summed E-state index contributed by atoms with van der Waals surface area (Å²) in [5, 5.41) is 0. The van der Waals surface area contributed by atoms with Crippen molar-refractivity contribution in [1.29, 1.82) is 0 Å². The molecule has 21 heavy (non-hydrogen) atoms. The standard InChI is InChI=1S/C14H32P.CH5NO3S/c1-5-9-12-15(8-4,13-10-6-2)14-11-7-3;2-1-6(3,4)5/h5-14H2,1-4H3;1-2H2,(H,3,4,5)/q+1;. The fraction of sp³-hybridized carbons (Fsp3) is 1.00. The maximum absolute atomic E-state index is 9.43. The molecule has 0 aliphatic carbocycles. The van der Waals surface area contributed by atoms with E-state index in [0.29, 0.717) is 0 Å². The normalized spacial score (nSPS) is 11.9. The van der Waals surface area contributed by atoms with Crippen LogP contribution in [0.25, 0.3) is 0 Å². The van der Waals surface area contributed by atoms with E-state index in [2.05, 4.69) is 33.4 Å². The van der Waals surface area contributed by atoms with Gasteiger partial charge < -0.3 is 5.73 Å². The molecule has 0 radical (unpaired) electrons. The van der Waals surface area contributed by atoms with Gasteiger partial charge in [-0.2, -0.15) is 8.42 Å². The van der Waals surface area contributed by atoms with E-state index in [1.54, 1.807) is 18.5 Å². The molecule has 0 rings (SSSR count). The van der Waals surface area contributed by atoms with Gasteiger partial charge in [0.25, 0.3) is 10.1 Å². The van der Waals surface area contributed by atoms with Crippen LogP contribution in [0, 0.1) is 0 Å². The Morgan fingerprint density at radius 1 is 0.857 bits per heavy atom. The minimum Gasteiger partial charge on any atom is -0.316 e. The molecule has 4 nitrogen and oxygen atoms in total. The molecule has 0 saturated carbocycles. The van der Waals surface area contributed by atoms with Gasteiger partial charge in [-0.25, -0.2) is 0 Å². The van der Waals surface area contributed by atoms with Crippen molar-refractivity contribution in [2.24, 2.45) is 5.73 Å². The molecule has 0 unspecified atom stereocenters. The lowest BCUT2D eigenvalue weighted by atomic mass is 10.4. The summed E-state index contributed by atoms with van der Waals surface area (Å²) in [6.07, 6.45) is 14.9. The second-order valence-electron chi connectivity index (χ2n) is 5.64.